The lowest BCUT2D eigenvalue weighted by atomic mass is 10.0. The topological polar surface area (TPSA) is 63.7 Å². The third-order valence-corrected chi connectivity index (χ3v) is 4.89. The van der Waals surface area contributed by atoms with Crippen LogP contribution in [0.4, 0.5) is 5.69 Å². The third-order valence-electron chi connectivity index (χ3n) is 4.89. The Balaban J connectivity index is 1.68. The van der Waals surface area contributed by atoms with Crippen molar-refractivity contribution in [2.24, 2.45) is 0 Å². The molecule has 0 atom stereocenters. The van der Waals surface area contributed by atoms with Gasteiger partial charge in [-0.25, -0.2) is 0 Å². The van der Waals surface area contributed by atoms with Crippen molar-refractivity contribution in [3.63, 3.8) is 0 Å². The van der Waals surface area contributed by atoms with Crippen LogP contribution in [-0.4, -0.2) is 43.0 Å². The van der Waals surface area contributed by atoms with Crippen LogP contribution in [0.3, 0.4) is 0 Å². The second-order valence-electron chi connectivity index (χ2n) is 6.89. The average Bonchev–Trinajstić information content (AvgIpc) is 2.61. The Morgan fingerprint density at radius 2 is 1.35 bits per heavy atom. The molecule has 2 aromatic rings. The number of carbonyl (C=O) groups excluding carboxylic acids is 2. The van der Waals surface area contributed by atoms with Gasteiger partial charge in [0.2, 0.25) is 0 Å². The first kappa shape index (κ1) is 18.0. The number of rotatable bonds is 3. The first-order chi connectivity index (χ1) is 12.4. The van der Waals surface area contributed by atoms with Gasteiger partial charge in [-0.15, -0.1) is 0 Å². The second kappa shape index (κ2) is 7.20. The summed E-state index contributed by atoms with van der Waals surface area (Å²) in [5.41, 5.74) is 5.64. The summed E-state index contributed by atoms with van der Waals surface area (Å²) in [5, 5.41) is 10.8. The molecule has 26 heavy (non-hydrogen) atoms. The molecular weight excluding hydrogens is 328 g/mol. The molecule has 0 aromatic heterocycles. The first-order valence-corrected chi connectivity index (χ1v) is 8.80. The van der Waals surface area contributed by atoms with Gasteiger partial charge in [0.1, 0.15) is 0 Å². The molecule has 0 aliphatic carbocycles. The molecule has 1 aliphatic rings. The molecule has 1 fully saturated rings. The minimum absolute atomic E-state index is 0.0631. The summed E-state index contributed by atoms with van der Waals surface area (Å²) in [7, 11) is 0. The Labute approximate surface area is 153 Å². The Hall–Kier alpha value is -2.82. The molecule has 136 valence electrons. The number of amides is 1. The van der Waals surface area contributed by atoms with E-state index in [0.29, 0.717) is 18.7 Å². The monoisotopic (exact) mass is 351 g/mol. The smallest absolute Gasteiger partial charge is 0.253 e. The van der Waals surface area contributed by atoms with Crippen molar-refractivity contribution in [2.45, 2.75) is 20.8 Å². The molecule has 0 bridgehead atoms. The van der Waals surface area contributed by atoms with Crippen LogP contribution in [0.5, 0.6) is 0 Å². The van der Waals surface area contributed by atoms with Gasteiger partial charge in [0.25, 0.3) is 5.91 Å². The lowest BCUT2D eigenvalue weighted by Crippen LogP contribution is -2.49. The maximum Gasteiger partial charge on any atom is 0.253 e. The molecule has 0 spiro atoms. The van der Waals surface area contributed by atoms with Gasteiger partial charge >= 0.3 is 0 Å². The normalized spacial score (nSPS) is 14.4. The Morgan fingerprint density at radius 3 is 1.85 bits per heavy atom. The number of carbonyl (C=O) groups is 2. The molecule has 1 saturated heterocycles. The summed E-state index contributed by atoms with van der Waals surface area (Å²) in [6.45, 7) is 9.23. The van der Waals surface area contributed by atoms with Crippen molar-refractivity contribution >= 4 is 17.6 Å². The molecule has 0 saturated carbocycles. The highest BCUT2D eigenvalue weighted by molar-refractivity contribution is 5.95. The number of carboxylic acids is 1. The van der Waals surface area contributed by atoms with Gasteiger partial charge in [0.05, 0.1) is 5.97 Å². The molecular formula is C21H23N2O3-. The van der Waals surface area contributed by atoms with Crippen molar-refractivity contribution in [3.8, 4) is 0 Å². The summed E-state index contributed by atoms with van der Waals surface area (Å²) < 4.78 is 0. The zero-order chi connectivity index (χ0) is 18.8. The first-order valence-electron chi connectivity index (χ1n) is 8.80. The lowest BCUT2D eigenvalue weighted by Gasteiger charge is -2.37. The number of aryl methyl sites for hydroxylation is 3. The highest BCUT2D eigenvalue weighted by Gasteiger charge is 2.23. The average molecular weight is 351 g/mol. The molecule has 0 N–H and O–H groups in total. The van der Waals surface area contributed by atoms with E-state index in [0.717, 1.165) is 13.1 Å². The lowest BCUT2D eigenvalue weighted by molar-refractivity contribution is -0.255. The predicted molar refractivity (Wildman–Crippen MR) is 99.5 cm³/mol. The largest absolute Gasteiger partial charge is 0.545 e. The van der Waals surface area contributed by atoms with Crippen molar-refractivity contribution in [1.82, 2.24) is 4.90 Å². The zero-order valence-corrected chi connectivity index (χ0v) is 15.4. The zero-order valence-electron chi connectivity index (χ0n) is 15.4. The van der Waals surface area contributed by atoms with Gasteiger partial charge in [-0.1, -0.05) is 29.8 Å². The van der Waals surface area contributed by atoms with Gasteiger partial charge < -0.3 is 19.7 Å². The number of anilines is 1. The standard InChI is InChI=1S/C21H24N2O3/c1-14-12-15(2)19(16(3)13-14)22-8-10-23(11-9-22)20(24)17-4-6-18(7-5-17)21(25)26/h4-7,12-13H,8-11H2,1-3H3,(H,25,26)/p-1. The Morgan fingerprint density at radius 1 is 0.846 bits per heavy atom. The van der Waals surface area contributed by atoms with Crippen molar-refractivity contribution < 1.29 is 14.7 Å². The Kier molecular flexibility index (Phi) is 4.98. The summed E-state index contributed by atoms with van der Waals surface area (Å²) in [4.78, 5) is 27.6. The van der Waals surface area contributed by atoms with Crippen LogP contribution in [0.25, 0.3) is 0 Å². The molecule has 1 heterocycles. The molecule has 5 heteroatoms. The number of nitrogens with zero attached hydrogens (tertiary/aromatic N) is 2. The summed E-state index contributed by atoms with van der Waals surface area (Å²) in [6, 6.07) is 10.3. The summed E-state index contributed by atoms with van der Waals surface area (Å²) in [6.07, 6.45) is 0. The van der Waals surface area contributed by atoms with E-state index in [1.54, 1.807) is 12.1 Å². The molecule has 5 nitrogen and oxygen atoms in total. The molecule has 0 radical (unpaired) electrons. The van der Waals surface area contributed by atoms with E-state index in [1.165, 1.54) is 34.5 Å². The molecule has 1 amide bonds. The summed E-state index contributed by atoms with van der Waals surface area (Å²) >= 11 is 0. The van der Waals surface area contributed by atoms with E-state index in [1.807, 2.05) is 4.90 Å². The maximum absolute atomic E-state index is 12.6. The van der Waals surface area contributed by atoms with Crippen LogP contribution < -0.4 is 10.0 Å². The predicted octanol–water partition coefficient (Wildman–Crippen LogP) is 1.94. The van der Waals surface area contributed by atoms with E-state index in [9.17, 15) is 14.7 Å². The third kappa shape index (κ3) is 3.57. The molecule has 2 aromatic carbocycles. The van der Waals surface area contributed by atoms with Crippen LogP contribution >= 0.6 is 0 Å². The van der Waals surface area contributed by atoms with Crippen LogP contribution in [-0.2, 0) is 0 Å². The van der Waals surface area contributed by atoms with Gasteiger partial charge in [0.15, 0.2) is 0 Å². The van der Waals surface area contributed by atoms with Crippen LogP contribution in [0.2, 0.25) is 0 Å². The SMILES string of the molecule is Cc1cc(C)c(N2CCN(C(=O)c3ccc(C(=O)[O-])cc3)CC2)c(C)c1. The minimum Gasteiger partial charge on any atom is -0.545 e. The van der Waals surface area contributed by atoms with Gasteiger partial charge in [-0.3, -0.25) is 4.79 Å². The maximum atomic E-state index is 12.6. The minimum atomic E-state index is -1.23. The van der Waals surface area contributed by atoms with E-state index >= 15 is 0 Å². The van der Waals surface area contributed by atoms with Gasteiger partial charge in [-0.2, -0.15) is 0 Å². The second-order valence-corrected chi connectivity index (χ2v) is 6.89. The number of aromatic carboxylic acids is 1. The van der Waals surface area contributed by atoms with Crippen LogP contribution in [0.15, 0.2) is 36.4 Å². The van der Waals surface area contributed by atoms with Crippen LogP contribution in [0, 0.1) is 20.8 Å². The van der Waals surface area contributed by atoms with Crippen molar-refractivity contribution in [1.29, 1.82) is 0 Å². The van der Waals surface area contributed by atoms with Gasteiger partial charge in [-0.05, 0) is 49.6 Å². The van der Waals surface area contributed by atoms with E-state index in [2.05, 4.69) is 37.8 Å². The fraction of sp³-hybridized carbons (Fsp3) is 0.333. The summed E-state index contributed by atoms with van der Waals surface area (Å²) in [5.74, 6) is -1.30. The number of piperazine rings is 1. The number of benzene rings is 2. The molecule has 1 aliphatic heterocycles. The highest BCUT2D eigenvalue weighted by Crippen LogP contribution is 2.27. The molecule has 3 rings (SSSR count). The van der Waals surface area contributed by atoms with E-state index in [4.69, 9.17) is 0 Å². The van der Waals surface area contributed by atoms with Crippen molar-refractivity contribution in [2.75, 3.05) is 31.1 Å². The van der Waals surface area contributed by atoms with Crippen LogP contribution in [0.1, 0.15) is 37.4 Å². The van der Waals surface area contributed by atoms with Gasteiger partial charge in [0, 0.05) is 37.4 Å². The van der Waals surface area contributed by atoms with E-state index < -0.39 is 5.97 Å². The van der Waals surface area contributed by atoms with Crippen molar-refractivity contribution in [3.05, 3.63) is 64.2 Å². The number of hydrogen-bond donors (Lipinski definition) is 0. The highest BCUT2D eigenvalue weighted by atomic mass is 16.4. The molecule has 0 unspecified atom stereocenters. The Bertz CT molecular complexity index is 812. The number of hydrogen-bond acceptors (Lipinski definition) is 4. The fourth-order valence-corrected chi connectivity index (χ4v) is 3.74. The van der Waals surface area contributed by atoms with E-state index in [-0.39, 0.29) is 11.5 Å². The fourth-order valence-electron chi connectivity index (χ4n) is 3.74. The number of carboxylic acid groups (broad SMARTS) is 1. The quantitative estimate of drug-likeness (QED) is 0.848.